The summed E-state index contributed by atoms with van der Waals surface area (Å²) < 4.78 is 2.26. The molecule has 2 aromatic heterocycles. The van der Waals surface area contributed by atoms with Crippen LogP contribution in [0.3, 0.4) is 0 Å². The molecule has 0 fully saturated rings. The van der Waals surface area contributed by atoms with E-state index in [0.29, 0.717) is 0 Å². The number of fused-ring (bicyclic) bond motifs is 13. The van der Waals surface area contributed by atoms with Crippen molar-refractivity contribution >= 4 is 44.5 Å². The molecule has 0 bridgehead atoms. The molecule has 0 unspecified atom stereocenters. The molecule has 61 heavy (non-hydrogen) atoms. The molecule has 0 N–H and O–H groups in total. The maximum absolute atomic E-state index is 5.46. The van der Waals surface area contributed by atoms with Gasteiger partial charge in [-0.1, -0.05) is 163 Å². The molecule has 0 saturated heterocycles. The number of imidazole rings is 1. The Balaban J connectivity index is 1.04. The van der Waals surface area contributed by atoms with Crippen LogP contribution in [0.25, 0.3) is 83.3 Å². The normalized spacial score (nSPS) is 13.3. The third-order valence-corrected chi connectivity index (χ3v) is 14.0. The van der Waals surface area contributed by atoms with Crippen LogP contribution in [0.2, 0.25) is 0 Å². The van der Waals surface area contributed by atoms with E-state index in [1.165, 1.54) is 48.6 Å². The molecule has 0 amide bonds. The molecule has 11 aromatic rings. The van der Waals surface area contributed by atoms with Gasteiger partial charge in [-0.3, -0.25) is 4.57 Å². The Morgan fingerprint density at radius 2 is 1.00 bits per heavy atom. The second kappa shape index (κ2) is 13.2. The summed E-state index contributed by atoms with van der Waals surface area (Å²) in [5.41, 5.74) is 17.0. The lowest BCUT2D eigenvalue weighted by molar-refractivity contribution is 0.723. The minimum Gasteiger partial charge on any atom is -0.292 e. The van der Waals surface area contributed by atoms with Crippen LogP contribution >= 0.6 is 11.8 Å². The van der Waals surface area contributed by atoms with E-state index in [1.807, 2.05) is 11.8 Å². The second-order valence-corrected chi connectivity index (χ2v) is 17.1. The van der Waals surface area contributed by atoms with E-state index in [2.05, 4.69) is 217 Å². The van der Waals surface area contributed by atoms with Crippen molar-refractivity contribution in [1.29, 1.82) is 0 Å². The van der Waals surface area contributed by atoms with E-state index in [1.54, 1.807) is 0 Å². The highest BCUT2D eigenvalue weighted by Gasteiger charge is 2.50. The van der Waals surface area contributed by atoms with Gasteiger partial charge in [0.25, 0.3) is 0 Å². The van der Waals surface area contributed by atoms with Crippen molar-refractivity contribution in [3.8, 4) is 50.6 Å². The molecule has 1 aliphatic heterocycles. The van der Waals surface area contributed by atoms with Gasteiger partial charge < -0.3 is 0 Å². The van der Waals surface area contributed by atoms with Gasteiger partial charge in [-0.2, -0.15) is 0 Å². The number of para-hydroxylation sites is 3. The first-order chi connectivity index (χ1) is 30.2. The third kappa shape index (κ3) is 5.00. The molecule has 1 spiro atoms. The van der Waals surface area contributed by atoms with Crippen LogP contribution in [-0.2, 0) is 5.41 Å². The minimum absolute atomic E-state index is 0.468. The number of hydrogen-bond donors (Lipinski definition) is 0. The molecule has 3 nitrogen and oxygen atoms in total. The minimum atomic E-state index is -0.468. The summed E-state index contributed by atoms with van der Waals surface area (Å²) in [6.07, 6.45) is 0. The number of aromatic nitrogens is 3. The van der Waals surface area contributed by atoms with Crippen molar-refractivity contribution in [2.45, 2.75) is 15.2 Å². The average molecular weight is 794 g/mol. The molecular weight excluding hydrogens is 759 g/mol. The molecule has 3 heterocycles. The van der Waals surface area contributed by atoms with Crippen LogP contribution in [0.15, 0.2) is 222 Å². The van der Waals surface area contributed by atoms with Crippen LogP contribution in [-0.4, -0.2) is 14.5 Å². The Labute approximate surface area is 357 Å². The second-order valence-electron chi connectivity index (χ2n) is 16.1. The fourth-order valence-corrected chi connectivity index (χ4v) is 11.4. The summed E-state index contributed by atoms with van der Waals surface area (Å²) in [4.78, 5) is 13.2. The van der Waals surface area contributed by atoms with E-state index < -0.39 is 5.41 Å². The van der Waals surface area contributed by atoms with Gasteiger partial charge in [0, 0.05) is 37.4 Å². The fourth-order valence-electron chi connectivity index (χ4n) is 10.2. The zero-order valence-electron chi connectivity index (χ0n) is 33.0. The van der Waals surface area contributed by atoms with Crippen LogP contribution in [0.4, 0.5) is 0 Å². The highest BCUT2D eigenvalue weighted by molar-refractivity contribution is 7.99. The number of nitrogens with zero attached hydrogens (tertiary/aromatic N) is 3. The standard InChI is InChI=1S/C57H35N3S/c1-3-15-37(16-4-1)55-45-34-43-41-19-7-8-20-46(41)57(47-21-9-13-25-53(47)61-54-26-14-10-22-48(54)57)49(43)35-42(45)44-33-39(31-32-50(44)58-55)36-27-29-38(30-28-36)56-59-51-23-11-12-24-52(51)60(56)40-17-5-2-6-18-40/h1-35H. The van der Waals surface area contributed by atoms with E-state index in [9.17, 15) is 0 Å². The monoisotopic (exact) mass is 793 g/mol. The van der Waals surface area contributed by atoms with Crippen molar-refractivity contribution in [3.05, 3.63) is 235 Å². The quantitative estimate of drug-likeness (QED) is 0.166. The van der Waals surface area contributed by atoms with Gasteiger partial charge in [0.2, 0.25) is 0 Å². The Morgan fingerprint density at radius 1 is 0.377 bits per heavy atom. The van der Waals surface area contributed by atoms with E-state index in [4.69, 9.17) is 9.97 Å². The smallest absolute Gasteiger partial charge is 0.145 e. The average Bonchev–Trinajstić information content (AvgIpc) is 3.85. The molecular formula is C57H35N3S. The number of pyridine rings is 1. The SMILES string of the molecule is c1ccc(-c2nc3ccc(-c4ccc(-c5nc6ccccc6n5-c5ccccc5)cc4)cc3c3cc4c(cc23)-c2ccccc2C42c3ccccc3Sc3ccccc32)cc1. The topological polar surface area (TPSA) is 30.7 Å². The van der Waals surface area contributed by atoms with Crippen molar-refractivity contribution in [3.63, 3.8) is 0 Å². The first-order valence-corrected chi connectivity index (χ1v) is 21.6. The Morgan fingerprint density at radius 3 is 1.77 bits per heavy atom. The van der Waals surface area contributed by atoms with Gasteiger partial charge in [0.15, 0.2) is 0 Å². The fraction of sp³-hybridized carbons (Fsp3) is 0.0175. The Kier molecular flexibility index (Phi) is 7.45. The number of benzene rings is 9. The molecule has 0 radical (unpaired) electrons. The summed E-state index contributed by atoms with van der Waals surface area (Å²) >= 11 is 1.88. The molecule has 2 aliphatic rings. The van der Waals surface area contributed by atoms with Crippen molar-refractivity contribution < 1.29 is 0 Å². The summed E-state index contributed by atoms with van der Waals surface area (Å²) in [6.45, 7) is 0. The maximum atomic E-state index is 5.46. The van der Waals surface area contributed by atoms with Gasteiger partial charge in [-0.15, -0.1) is 0 Å². The lowest BCUT2D eigenvalue weighted by Crippen LogP contribution is -2.31. The molecule has 0 atom stereocenters. The first kappa shape index (κ1) is 34.3. The molecule has 284 valence electrons. The van der Waals surface area contributed by atoms with Crippen LogP contribution in [0, 0.1) is 0 Å². The predicted octanol–water partition coefficient (Wildman–Crippen LogP) is 14.6. The van der Waals surface area contributed by atoms with Gasteiger partial charge in [-0.05, 0) is 111 Å². The summed E-state index contributed by atoms with van der Waals surface area (Å²) in [6, 6.07) is 77.3. The first-order valence-electron chi connectivity index (χ1n) is 20.8. The van der Waals surface area contributed by atoms with E-state index in [-0.39, 0.29) is 0 Å². The molecule has 4 heteroatoms. The summed E-state index contributed by atoms with van der Waals surface area (Å²) in [7, 11) is 0. The lowest BCUT2D eigenvalue weighted by atomic mass is 9.67. The molecule has 1 aliphatic carbocycles. The third-order valence-electron chi connectivity index (χ3n) is 12.9. The van der Waals surface area contributed by atoms with Gasteiger partial charge >= 0.3 is 0 Å². The molecule has 9 aromatic carbocycles. The lowest BCUT2D eigenvalue weighted by Gasteiger charge is -2.39. The number of rotatable bonds is 4. The molecule has 0 saturated carbocycles. The van der Waals surface area contributed by atoms with E-state index in [0.717, 1.165) is 66.8 Å². The van der Waals surface area contributed by atoms with Crippen molar-refractivity contribution in [2.75, 3.05) is 0 Å². The van der Waals surface area contributed by atoms with Crippen LogP contribution in [0.5, 0.6) is 0 Å². The van der Waals surface area contributed by atoms with Gasteiger partial charge in [0.1, 0.15) is 5.82 Å². The molecule has 13 rings (SSSR count). The van der Waals surface area contributed by atoms with Crippen LogP contribution in [0.1, 0.15) is 22.3 Å². The Hall–Kier alpha value is -7.53. The zero-order chi connectivity index (χ0) is 40.1. The summed E-state index contributed by atoms with van der Waals surface area (Å²) in [5.74, 6) is 0.925. The summed E-state index contributed by atoms with van der Waals surface area (Å²) in [5, 5.41) is 3.50. The van der Waals surface area contributed by atoms with Crippen LogP contribution < -0.4 is 0 Å². The van der Waals surface area contributed by atoms with Gasteiger partial charge in [-0.25, -0.2) is 9.97 Å². The van der Waals surface area contributed by atoms with Gasteiger partial charge in [0.05, 0.1) is 27.7 Å². The van der Waals surface area contributed by atoms with E-state index >= 15 is 0 Å². The van der Waals surface area contributed by atoms with Crippen molar-refractivity contribution in [2.24, 2.45) is 0 Å². The maximum Gasteiger partial charge on any atom is 0.145 e. The largest absolute Gasteiger partial charge is 0.292 e. The van der Waals surface area contributed by atoms with Crippen molar-refractivity contribution in [1.82, 2.24) is 14.5 Å². The highest BCUT2D eigenvalue weighted by atomic mass is 32.2. The zero-order valence-corrected chi connectivity index (χ0v) is 33.8. The predicted molar refractivity (Wildman–Crippen MR) is 252 cm³/mol. The number of hydrogen-bond acceptors (Lipinski definition) is 3. The highest BCUT2D eigenvalue weighted by Crippen LogP contribution is 2.63. The Bertz CT molecular complexity index is 3510.